The Morgan fingerprint density at radius 3 is 2.55 bits per heavy atom. The molecule has 1 heterocycles. The largest absolute Gasteiger partial charge is 0.506 e. The fourth-order valence-electron chi connectivity index (χ4n) is 1.53. The maximum Gasteiger partial charge on any atom is 0.363 e. The Labute approximate surface area is 122 Å². The van der Waals surface area contributed by atoms with Gasteiger partial charge in [-0.3, -0.25) is 0 Å². The van der Waals surface area contributed by atoms with Crippen molar-refractivity contribution < 1.29 is 24.9 Å². The number of halogens is 1. The van der Waals surface area contributed by atoms with Crippen molar-refractivity contribution in [2.45, 2.75) is 12.2 Å². The molecule has 0 amide bonds. The van der Waals surface area contributed by atoms with E-state index in [9.17, 15) is 15.0 Å². The minimum Gasteiger partial charge on any atom is -0.506 e. The van der Waals surface area contributed by atoms with E-state index in [0.29, 0.717) is 5.69 Å². The molecule has 1 aliphatic rings. The zero-order chi connectivity index (χ0) is 14.7. The van der Waals surface area contributed by atoms with Crippen molar-refractivity contribution in [3.63, 3.8) is 0 Å². The molecule has 0 spiro atoms. The number of esters is 1. The molecule has 3 N–H and O–H groups in total. The predicted octanol–water partition coefficient (Wildman–Crippen LogP) is 1.58. The second-order valence-corrected chi connectivity index (χ2v) is 4.90. The molecule has 0 radical (unpaired) electrons. The topological polar surface area (TPSA) is 112 Å². The summed E-state index contributed by atoms with van der Waals surface area (Å²) >= 11 is 3.27. The van der Waals surface area contributed by atoms with Crippen LogP contribution < -0.4 is 0 Å². The number of benzene rings is 1. The molecule has 1 aliphatic heterocycles. The third-order valence-corrected chi connectivity index (χ3v) is 3.10. The van der Waals surface area contributed by atoms with Gasteiger partial charge in [0, 0.05) is 4.47 Å². The number of cyclic esters (lactones) is 1. The summed E-state index contributed by atoms with van der Waals surface area (Å²) in [6.45, 7) is -0.654. The number of carbonyl (C=O) groups excluding carboxylic acids is 1. The summed E-state index contributed by atoms with van der Waals surface area (Å²) in [4.78, 5) is 11.5. The van der Waals surface area contributed by atoms with Gasteiger partial charge in [-0.2, -0.15) is 5.11 Å². The Morgan fingerprint density at radius 2 is 1.95 bits per heavy atom. The van der Waals surface area contributed by atoms with Gasteiger partial charge in [-0.25, -0.2) is 4.79 Å². The summed E-state index contributed by atoms with van der Waals surface area (Å²) in [6.07, 6.45) is -2.72. The summed E-state index contributed by atoms with van der Waals surface area (Å²) < 4.78 is 5.58. The molecule has 8 heteroatoms. The highest BCUT2D eigenvalue weighted by atomic mass is 79.9. The van der Waals surface area contributed by atoms with Gasteiger partial charge >= 0.3 is 5.97 Å². The monoisotopic (exact) mass is 342 g/mol. The van der Waals surface area contributed by atoms with Gasteiger partial charge in [-0.15, -0.1) is 5.11 Å². The standard InChI is InChI=1S/C12H11BrN2O5/c13-6-1-3-7(4-2-6)14-15-9-10(18)11(8(17)5-16)20-12(9)19/h1-4,8,11,16-18H,5H2. The minimum absolute atomic E-state index is 0.384. The van der Waals surface area contributed by atoms with E-state index in [-0.39, 0.29) is 5.70 Å². The molecule has 0 fully saturated rings. The molecule has 106 valence electrons. The summed E-state index contributed by atoms with van der Waals surface area (Å²) in [5, 5.41) is 35.3. The van der Waals surface area contributed by atoms with E-state index in [0.717, 1.165) is 4.47 Å². The molecule has 0 bridgehead atoms. The maximum atomic E-state index is 11.5. The van der Waals surface area contributed by atoms with Crippen LogP contribution in [0.3, 0.4) is 0 Å². The van der Waals surface area contributed by atoms with E-state index < -0.39 is 30.5 Å². The first kappa shape index (κ1) is 14.6. The molecule has 0 saturated carbocycles. The highest BCUT2D eigenvalue weighted by Crippen LogP contribution is 2.26. The number of hydrogen-bond donors (Lipinski definition) is 3. The van der Waals surface area contributed by atoms with Crippen molar-refractivity contribution >= 4 is 27.6 Å². The quantitative estimate of drug-likeness (QED) is 0.568. The first-order valence-electron chi connectivity index (χ1n) is 5.63. The molecule has 1 aromatic carbocycles. The molecular formula is C12H11BrN2O5. The van der Waals surface area contributed by atoms with Crippen LogP contribution >= 0.6 is 15.9 Å². The third-order valence-electron chi connectivity index (χ3n) is 2.57. The number of carbonyl (C=O) groups is 1. The van der Waals surface area contributed by atoms with Crippen LogP contribution in [0.4, 0.5) is 5.69 Å². The van der Waals surface area contributed by atoms with Crippen molar-refractivity contribution in [3.8, 4) is 0 Å². The molecule has 0 saturated heterocycles. The van der Waals surface area contributed by atoms with Gasteiger partial charge in [0.05, 0.1) is 12.3 Å². The van der Waals surface area contributed by atoms with Gasteiger partial charge in [0.15, 0.2) is 11.9 Å². The number of hydrogen-bond acceptors (Lipinski definition) is 7. The van der Waals surface area contributed by atoms with Crippen LogP contribution in [0.2, 0.25) is 0 Å². The van der Waals surface area contributed by atoms with E-state index in [1.807, 2.05) is 0 Å². The normalized spacial score (nSPS) is 20.6. The first-order valence-corrected chi connectivity index (χ1v) is 6.42. The minimum atomic E-state index is -1.40. The summed E-state index contributed by atoms with van der Waals surface area (Å²) in [5.41, 5.74) is 0.0953. The molecule has 20 heavy (non-hydrogen) atoms. The average Bonchev–Trinajstić information content (AvgIpc) is 2.73. The fourth-order valence-corrected chi connectivity index (χ4v) is 1.79. The second kappa shape index (κ2) is 6.12. The molecule has 0 aromatic heterocycles. The van der Waals surface area contributed by atoms with Crippen molar-refractivity contribution in [2.24, 2.45) is 10.2 Å². The molecule has 1 aromatic rings. The van der Waals surface area contributed by atoms with Gasteiger partial charge in [0.1, 0.15) is 6.10 Å². The molecule has 2 atom stereocenters. The maximum absolute atomic E-state index is 11.5. The third kappa shape index (κ3) is 3.03. The number of aliphatic hydroxyl groups excluding tert-OH is 3. The Balaban J connectivity index is 2.21. The summed E-state index contributed by atoms with van der Waals surface area (Å²) in [5.74, 6) is -1.45. The fraction of sp³-hybridized carbons (Fsp3) is 0.250. The zero-order valence-corrected chi connectivity index (χ0v) is 11.7. The molecule has 0 aliphatic carbocycles. The highest BCUT2D eigenvalue weighted by Gasteiger charge is 2.39. The summed E-state index contributed by atoms with van der Waals surface area (Å²) in [7, 11) is 0. The smallest absolute Gasteiger partial charge is 0.363 e. The van der Waals surface area contributed by atoms with Gasteiger partial charge in [0.25, 0.3) is 0 Å². The van der Waals surface area contributed by atoms with Crippen LogP contribution in [-0.4, -0.2) is 40.1 Å². The Bertz CT molecular complexity index is 570. The number of aliphatic hydroxyl groups is 3. The zero-order valence-electron chi connectivity index (χ0n) is 10.1. The number of nitrogens with zero attached hydrogens (tertiary/aromatic N) is 2. The van der Waals surface area contributed by atoms with Gasteiger partial charge in [-0.1, -0.05) is 15.9 Å². The van der Waals surface area contributed by atoms with Crippen LogP contribution in [0.15, 0.2) is 50.4 Å². The second-order valence-electron chi connectivity index (χ2n) is 3.99. The lowest BCUT2D eigenvalue weighted by molar-refractivity contribution is -0.145. The van der Waals surface area contributed by atoms with Crippen molar-refractivity contribution in [1.29, 1.82) is 0 Å². The van der Waals surface area contributed by atoms with Crippen LogP contribution in [0.5, 0.6) is 0 Å². The predicted molar refractivity (Wildman–Crippen MR) is 71.3 cm³/mol. The lowest BCUT2D eigenvalue weighted by atomic mass is 10.2. The van der Waals surface area contributed by atoms with E-state index >= 15 is 0 Å². The van der Waals surface area contributed by atoms with Crippen LogP contribution in [0.25, 0.3) is 0 Å². The Kier molecular flexibility index (Phi) is 4.48. The van der Waals surface area contributed by atoms with Gasteiger partial charge < -0.3 is 20.1 Å². The molecule has 2 unspecified atom stereocenters. The van der Waals surface area contributed by atoms with E-state index in [1.54, 1.807) is 24.3 Å². The van der Waals surface area contributed by atoms with Crippen LogP contribution in [0, 0.1) is 0 Å². The average molecular weight is 343 g/mol. The van der Waals surface area contributed by atoms with E-state index in [2.05, 4.69) is 26.2 Å². The molecule has 7 nitrogen and oxygen atoms in total. The van der Waals surface area contributed by atoms with Crippen molar-refractivity contribution in [2.75, 3.05) is 6.61 Å². The van der Waals surface area contributed by atoms with Crippen LogP contribution in [-0.2, 0) is 9.53 Å². The van der Waals surface area contributed by atoms with E-state index in [4.69, 9.17) is 9.84 Å². The van der Waals surface area contributed by atoms with Crippen molar-refractivity contribution in [1.82, 2.24) is 0 Å². The van der Waals surface area contributed by atoms with Gasteiger partial charge in [0.2, 0.25) is 5.70 Å². The van der Waals surface area contributed by atoms with E-state index in [1.165, 1.54) is 0 Å². The lowest BCUT2D eigenvalue weighted by Gasteiger charge is -2.14. The first-order chi connectivity index (χ1) is 9.52. The molecule has 2 rings (SSSR count). The SMILES string of the molecule is O=C1OC(C(O)CO)C(O)=C1N=Nc1ccc(Br)cc1. The Morgan fingerprint density at radius 1 is 1.30 bits per heavy atom. The molecular weight excluding hydrogens is 332 g/mol. The van der Waals surface area contributed by atoms with Crippen LogP contribution in [0.1, 0.15) is 0 Å². The summed E-state index contributed by atoms with van der Waals surface area (Å²) in [6, 6.07) is 6.80. The number of rotatable bonds is 4. The number of ether oxygens (including phenoxy) is 1. The lowest BCUT2D eigenvalue weighted by Crippen LogP contribution is -2.31. The Hall–Kier alpha value is -1.77. The number of azo groups is 1. The van der Waals surface area contributed by atoms with Gasteiger partial charge in [-0.05, 0) is 24.3 Å². The van der Waals surface area contributed by atoms with Crippen molar-refractivity contribution in [3.05, 3.63) is 40.2 Å². The highest BCUT2D eigenvalue weighted by molar-refractivity contribution is 9.10.